The van der Waals surface area contributed by atoms with Crippen molar-refractivity contribution in [3.05, 3.63) is 41.9 Å². The van der Waals surface area contributed by atoms with E-state index in [1.807, 2.05) is 44.6 Å². The lowest BCUT2D eigenvalue weighted by Gasteiger charge is -2.26. The maximum atomic E-state index is 13.7. The van der Waals surface area contributed by atoms with Crippen LogP contribution >= 0.6 is 0 Å². The molecular weight excluding hydrogens is 470 g/mol. The monoisotopic (exact) mass is 503 g/mol. The fraction of sp³-hybridized carbons (Fsp3) is 0.609. The molecule has 11 nitrogen and oxygen atoms in total. The Morgan fingerprint density at radius 3 is 2.37 bits per heavy atom. The minimum atomic E-state index is -3.74. The first kappa shape index (κ1) is 25.4. The molecule has 3 heterocycles. The lowest BCUT2D eigenvalue weighted by molar-refractivity contribution is 0.00140. The Kier molecular flexibility index (Phi) is 7.07. The molecule has 1 aliphatic rings. The maximum Gasteiger partial charge on any atom is 0.185 e. The third-order valence-corrected chi connectivity index (χ3v) is 8.23. The van der Waals surface area contributed by atoms with E-state index in [4.69, 9.17) is 9.47 Å². The molecule has 12 heteroatoms. The first-order valence-corrected chi connectivity index (χ1v) is 13.4. The molecule has 0 bridgehead atoms. The minimum absolute atomic E-state index is 0.210. The molecule has 190 valence electrons. The van der Waals surface area contributed by atoms with Crippen LogP contribution in [0.25, 0.3) is 11.5 Å². The van der Waals surface area contributed by atoms with Crippen LogP contribution in [-0.4, -0.2) is 68.0 Å². The molecule has 0 radical (unpaired) electrons. The number of sulfone groups is 1. The van der Waals surface area contributed by atoms with Crippen LogP contribution in [0.5, 0.6) is 0 Å². The normalized spacial score (nSPS) is 17.0. The number of methoxy groups -OCH3 is 1. The van der Waals surface area contributed by atoms with E-state index in [0.717, 1.165) is 18.4 Å². The maximum absolute atomic E-state index is 13.7. The average Bonchev–Trinajstić information content (AvgIpc) is 3.23. The van der Waals surface area contributed by atoms with Gasteiger partial charge in [-0.25, -0.2) is 18.4 Å². The Balaban J connectivity index is 1.70. The SMILES string of the molecule is COCC1(n2c(CS(=O)(=O)[C@@H](C)[C@@H](OC(C)C)c3ncc(C)cn3)nnc2-c2ccn(C)n2)CC1. The Hall–Kier alpha value is -2.70. The second kappa shape index (κ2) is 9.75. The van der Waals surface area contributed by atoms with Crippen molar-refractivity contribution in [1.82, 2.24) is 34.5 Å². The second-order valence-corrected chi connectivity index (χ2v) is 11.9. The van der Waals surface area contributed by atoms with Crippen molar-refractivity contribution in [2.45, 2.75) is 69.3 Å². The summed E-state index contributed by atoms with van der Waals surface area (Å²) in [7, 11) is -0.286. The summed E-state index contributed by atoms with van der Waals surface area (Å²) in [6.45, 7) is 7.66. The van der Waals surface area contributed by atoms with E-state index in [9.17, 15) is 8.42 Å². The number of rotatable bonds is 11. The number of hydrogen-bond donors (Lipinski definition) is 0. The smallest absolute Gasteiger partial charge is 0.185 e. The highest BCUT2D eigenvalue weighted by atomic mass is 32.2. The van der Waals surface area contributed by atoms with Crippen molar-refractivity contribution in [2.24, 2.45) is 7.05 Å². The third kappa shape index (κ3) is 5.29. The summed E-state index contributed by atoms with van der Waals surface area (Å²) in [4.78, 5) is 8.70. The predicted octanol–water partition coefficient (Wildman–Crippen LogP) is 2.38. The Morgan fingerprint density at radius 1 is 1.14 bits per heavy atom. The zero-order valence-electron chi connectivity index (χ0n) is 21.0. The fourth-order valence-corrected chi connectivity index (χ4v) is 5.55. The summed E-state index contributed by atoms with van der Waals surface area (Å²) < 4.78 is 42.5. The van der Waals surface area contributed by atoms with Gasteiger partial charge in [-0.15, -0.1) is 10.2 Å². The van der Waals surface area contributed by atoms with Gasteiger partial charge in [0.15, 0.2) is 21.5 Å². The zero-order valence-corrected chi connectivity index (χ0v) is 21.9. The van der Waals surface area contributed by atoms with Crippen LogP contribution in [0.3, 0.4) is 0 Å². The first-order valence-electron chi connectivity index (χ1n) is 11.7. The summed E-state index contributed by atoms with van der Waals surface area (Å²) in [6, 6.07) is 1.84. The van der Waals surface area contributed by atoms with E-state index < -0.39 is 21.2 Å². The molecule has 0 saturated heterocycles. The highest BCUT2D eigenvalue weighted by Crippen LogP contribution is 2.46. The predicted molar refractivity (Wildman–Crippen MR) is 129 cm³/mol. The molecule has 3 aromatic rings. The van der Waals surface area contributed by atoms with E-state index >= 15 is 0 Å². The van der Waals surface area contributed by atoms with E-state index in [2.05, 4.69) is 25.3 Å². The lowest BCUT2D eigenvalue weighted by Crippen LogP contribution is -2.33. The molecule has 1 aliphatic carbocycles. The number of hydrogen-bond acceptors (Lipinski definition) is 9. The van der Waals surface area contributed by atoms with Gasteiger partial charge < -0.3 is 14.0 Å². The van der Waals surface area contributed by atoms with Crippen molar-refractivity contribution < 1.29 is 17.9 Å². The van der Waals surface area contributed by atoms with E-state index in [1.54, 1.807) is 31.1 Å². The van der Waals surface area contributed by atoms with Crippen LogP contribution < -0.4 is 0 Å². The van der Waals surface area contributed by atoms with E-state index in [1.165, 1.54) is 0 Å². The molecule has 0 amide bonds. The molecule has 0 aromatic carbocycles. The quantitative estimate of drug-likeness (QED) is 0.387. The highest BCUT2D eigenvalue weighted by Gasteiger charge is 2.49. The van der Waals surface area contributed by atoms with Crippen molar-refractivity contribution in [3.8, 4) is 11.5 Å². The van der Waals surface area contributed by atoms with Crippen molar-refractivity contribution in [1.29, 1.82) is 0 Å². The molecule has 1 fully saturated rings. The molecule has 0 spiro atoms. The van der Waals surface area contributed by atoms with Crippen molar-refractivity contribution in [3.63, 3.8) is 0 Å². The van der Waals surface area contributed by atoms with Gasteiger partial charge in [0.25, 0.3) is 0 Å². The van der Waals surface area contributed by atoms with Crippen LogP contribution in [0.2, 0.25) is 0 Å². The van der Waals surface area contributed by atoms with Gasteiger partial charge in [-0.3, -0.25) is 4.68 Å². The molecule has 0 unspecified atom stereocenters. The molecule has 35 heavy (non-hydrogen) atoms. The fourth-order valence-electron chi connectivity index (χ4n) is 4.18. The van der Waals surface area contributed by atoms with Crippen LogP contribution in [0.15, 0.2) is 24.7 Å². The molecule has 2 atom stereocenters. The standard InChI is InChI=1S/C23H33N7O4S/c1-15(2)34-20(21-24-11-16(3)12-25-21)17(4)35(31,32)13-19-26-27-22(18-7-10-29(5)28-18)30(19)23(8-9-23)14-33-6/h7,10-12,15,17,20H,8-9,13-14H2,1-6H3/t17-,20+/m0/s1. The summed E-state index contributed by atoms with van der Waals surface area (Å²) in [6.07, 6.45) is 5.80. The Morgan fingerprint density at radius 2 is 1.83 bits per heavy atom. The number of ether oxygens (including phenoxy) is 2. The van der Waals surface area contributed by atoms with Crippen LogP contribution in [0.4, 0.5) is 0 Å². The summed E-state index contributed by atoms with van der Waals surface area (Å²) in [5, 5.41) is 12.2. The van der Waals surface area contributed by atoms with E-state index in [-0.39, 0.29) is 17.4 Å². The number of aromatic nitrogens is 7. The van der Waals surface area contributed by atoms with Gasteiger partial charge in [0.1, 0.15) is 23.4 Å². The molecule has 3 aromatic heterocycles. The summed E-state index contributed by atoms with van der Waals surface area (Å²) in [5.41, 5.74) is 1.14. The topological polar surface area (TPSA) is 127 Å². The van der Waals surface area contributed by atoms with Gasteiger partial charge in [-0.1, -0.05) is 0 Å². The molecular formula is C23H33N7O4S. The highest BCUT2D eigenvalue weighted by molar-refractivity contribution is 7.91. The molecule has 1 saturated carbocycles. The first-order chi connectivity index (χ1) is 16.6. The minimum Gasteiger partial charge on any atom is -0.382 e. The van der Waals surface area contributed by atoms with Gasteiger partial charge in [-0.05, 0) is 52.2 Å². The average molecular weight is 504 g/mol. The summed E-state index contributed by atoms with van der Waals surface area (Å²) >= 11 is 0. The Labute approximate surface area is 205 Å². The summed E-state index contributed by atoms with van der Waals surface area (Å²) in [5.74, 6) is 0.938. The van der Waals surface area contributed by atoms with Crippen molar-refractivity contribution in [2.75, 3.05) is 13.7 Å². The Bertz CT molecular complexity index is 1260. The van der Waals surface area contributed by atoms with Gasteiger partial charge in [0, 0.05) is 32.7 Å². The molecule has 4 rings (SSSR count). The third-order valence-electron chi connectivity index (χ3n) is 6.18. The van der Waals surface area contributed by atoms with Crippen molar-refractivity contribution >= 4 is 9.84 Å². The van der Waals surface area contributed by atoms with Gasteiger partial charge in [-0.2, -0.15) is 5.10 Å². The second-order valence-electron chi connectivity index (χ2n) is 9.54. The van der Waals surface area contributed by atoms with Gasteiger partial charge in [0.2, 0.25) is 0 Å². The van der Waals surface area contributed by atoms with Crippen LogP contribution in [0, 0.1) is 6.92 Å². The molecule has 0 N–H and O–H groups in total. The van der Waals surface area contributed by atoms with E-state index in [0.29, 0.717) is 29.8 Å². The number of aryl methyl sites for hydroxylation is 2. The van der Waals surface area contributed by atoms with Gasteiger partial charge in [0.05, 0.1) is 23.5 Å². The lowest BCUT2D eigenvalue weighted by atomic mass is 10.2. The van der Waals surface area contributed by atoms with Crippen LogP contribution in [-0.2, 0) is 37.7 Å². The zero-order chi connectivity index (χ0) is 25.4. The largest absolute Gasteiger partial charge is 0.382 e. The number of nitrogens with zero attached hydrogens (tertiary/aromatic N) is 7. The molecule has 0 aliphatic heterocycles. The van der Waals surface area contributed by atoms with Gasteiger partial charge >= 0.3 is 0 Å². The van der Waals surface area contributed by atoms with Crippen LogP contribution in [0.1, 0.15) is 56.9 Å².